The van der Waals surface area contributed by atoms with E-state index < -0.39 is 5.60 Å². The van der Waals surface area contributed by atoms with Gasteiger partial charge in [-0.3, -0.25) is 4.79 Å². The van der Waals surface area contributed by atoms with E-state index in [0.717, 1.165) is 12.8 Å². The molecule has 2 heteroatoms. The van der Waals surface area contributed by atoms with Crippen LogP contribution in [-0.4, -0.2) is 16.5 Å². The molecule has 0 unspecified atom stereocenters. The molecule has 1 rings (SSSR count). The van der Waals surface area contributed by atoms with Crippen LogP contribution >= 0.6 is 0 Å². The van der Waals surface area contributed by atoms with Gasteiger partial charge in [-0.15, -0.1) is 0 Å². The average Bonchev–Trinajstić information content (AvgIpc) is 1.96. The fraction of sp³-hybridized carbons (Fsp3) is 0.625. The number of aliphatic hydroxyl groups is 1. The molecule has 2 nitrogen and oxygen atoms in total. The predicted molar refractivity (Wildman–Crippen MR) is 38.6 cm³/mol. The minimum absolute atomic E-state index is 0.0752. The molecule has 0 radical (unpaired) electrons. The second kappa shape index (κ2) is 2.54. The van der Waals surface area contributed by atoms with Gasteiger partial charge < -0.3 is 5.11 Å². The van der Waals surface area contributed by atoms with Crippen molar-refractivity contribution in [1.29, 1.82) is 0 Å². The summed E-state index contributed by atoms with van der Waals surface area (Å²) in [5.41, 5.74) is -1.20. The van der Waals surface area contributed by atoms with Crippen LogP contribution in [0, 0.1) is 0 Å². The third-order valence-corrected chi connectivity index (χ3v) is 2.03. The van der Waals surface area contributed by atoms with E-state index in [1.807, 2.05) is 0 Å². The van der Waals surface area contributed by atoms with Crippen molar-refractivity contribution < 1.29 is 9.90 Å². The molecule has 0 spiro atoms. The summed E-state index contributed by atoms with van der Waals surface area (Å²) < 4.78 is 0. The molecule has 0 aliphatic heterocycles. The maximum absolute atomic E-state index is 11.0. The number of hydrogen-bond donors (Lipinski definition) is 1. The third kappa shape index (κ3) is 1.12. The van der Waals surface area contributed by atoms with E-state index in [9.17, 15) is 9.90 Å². The molecule has 1 saturated carbocycles. The van der Waals surface area contributed by atoms with Gasteiger partial charge >= 0.3 is 0 Å². The highest BCUT2D eigenvalue weighted by atomic mass is 16.3. The van der Waals surface area contributed by atoms with Crippen molar-refractivity contribution in [3.63, 3.8) is 0 Å². The first kappa shape index (κ1) is 7.48. The lowest BCUT2D eigenvalue weighted by atomic mass is 9.84. The normalized spacial score (nSPS) is 33.9. The zero-order chi connectivity index (χ0) is 7.61. The molecule has 1 fully saturated rings. The molecular weight excluding hydrogens is 128 g/mol. The lowest BCUT2D eigenvalue weighted by Gasteiger charge is -2.26. The van der Waals surface area contributed by atoms with Crippen LogP contribution in [0.2, 0.25) is 0 Å². The second-order valence-electron chi connectivity index (χ2n) is 2.76. The maximum atomic E-state index is 11.0. The number of carbonyl (C=O) groups is 1. The van der Waals surface area contributed by atoms with Crippen LogP contribution in [0.15, 0.2) is 12.7 Å². The highest BCUT2D eigenvalue weighted by Gasteiger charge is 2.33. The van der Waals surface area contributed by atoms with E-state index in [1.165, 1.54) is 6.08 Å². The summed E-state index contributed by atoms with van der Waals surface area (Å²) >= 11 is 0. The van der Waals surface area contributed by atoms with Gasteiger partial charge in [0.1, 0.15) is 5.60 Å². The third-order valence-electron chi connectivity index (χ3n) is 2.03. The quantitative estimate of drug-likeness (QED) is 0.553. The van der Waals surface area contributed by atoms with Gasteiger partial charge in [-0.25, -0.2) is 0 Å². The molecule has 0 amide bonds. The van der Waals surface area contributed by atoms with Crippen LogP contribution in [0.1, 0.15) is 25.7 Å². The summed E-state index contributed by atoms with van der Waals surface area (Å²) in [5.74, 6) is -0.0752. The van der Waals surface area contributed by atoms with Crippen molar-refractivity contribution in [3.05, 3.63) is 12.7 Å². The lowest BCUT2D eigenvalue weighted by Crippen LogP contribution is -2.38. The largest absolute Gasteiger partial charge is 0.378 e. The summed E-state index contributed by atoms with van der Waals surface area (Å²) in [6.07, 6.45) is 4.25. The first-order valence-electron chi connectivity index (χ1n) is 3.58. The van der Waals surface area contributed by atoms with E-state index in [-0.39, 0.29) is 5.78 Å². The number of hydrogen-bond acceptors (Lipinski definition) is 2. The van der Waals surface area contributed by atoms with E-state index >= 15 is 0 Å². The van der Waals surface area contributed by atoms with E-state index in [4.69, 9.17) is 0 Å². The molecule has 0 aromatic heterocycles. The van der Waals surface area contributed by atoms with Crippen molar-refractivity contribution in [2.24, 2.45) is 0 Å². The number of ketones is 1. The number of Topliss-reactive ketones (excluding diaryl/α,β-unsaturated/α-hetero) is 1. The first-order chi connectivity index (χ1) is 4.69. The average molecular weight is 140 g/mol. The van der Waals surface area contributed by atoms with Crippen LogP contribution in [0.5, 0.6) is 0 Å². The van der Waals surface area contributed by atoms with E-state index in [1.54, 1.807) is 0 Å². The zero-order valence-corrected chi connectivity index (χ0v) is 5.97. The van der Waals surface area contributed by atoms with E-state index in [0.29, 0.717) is 12.8 Å². The predicted octanol–water partition coefficient (Wildman–Crippen LogP) is 1.05. The van der Waals surface area contributed by atoms with E-state index in [2.05, 4.69) is 6.58 Å². The Bertz CT molecular complexity index is 163. The summed E-state index contributed by atoms with van der Waals surface area (Å²) in [7, 11) is 0. The monoisotopic (exact) mass is 140 g/mol. The molecule has 0 heterocycles. The topological polar surface area (TPSA) is 37.3 Å². The van der Waals surface area contributed by atoms with Crippen molar-refractivity contribution in [2.45, 2.75) is 31.3 Å². The maximum Gasteiger partial charge on any atom is 0.168 e. The molecule has 0 aromatic carbocycles. The van der Waals surface area contributed by atoms with Crippen LogP contribution in [-0.2, 0) is 4.79 Å². The molecular formula is C8H12O2. The molecule has 0 aromatic rings. The summed E-state index contributed by atoms with van der Waals surface area (Å²) in [6.45, 7) is 3.44. The smallest absolute Gasteiger partial charge is 0.168 e. The highest BCUT2D eigenvalue weighted by Crippen LogP contribution is 2.25. The molecule has 1 aliphatic carbocycles. The Balaban J connectivity index is 2.72. The molecule has 56 valence electrons. The molecule has 1 atom stereocenters. The Kier molecular flexibility index (Phi) is 1.90. The standard InChI is InChI=1S/C8H12O2/c1-2-8(10)6-4-3-5-7(8)9/h2,10H,1,3-6H2/t8-/m0/s1. The summed E-state index contributed by atoms with van der Waals surface area (Å²) in [5, 5.41) is 9.48. The van der Waals surface area contributed by atoms with Crippen molar-refractivity contribution in [2.75, 3.05) is 0 Å². The molecule has 1 aliphatic rings. The van der Waals surface area contributed by atoms with Crippen LogP contribution in [0.25, 0.3) is 0 Å². The van der Waals surface area contributed by atoms with Gasteiger partial charge in [0.05, 0.1) is 0 Å². The van der Waals surface area contributed by atoms with Gasteiger partial charge in [0.2, 0.25) is 0 Å². The van der Waals surface area contributed by atoms with Gasteiger partial charge in [-0.05, 0) is 19.3 Å². The highest BCUT2D eigenvalue weighted by molar-refractivity contribution is 5.89. The Labute approximate surface area is 60.6 Å². The Morgan fingerprint density at radius 3 is 2.70 bits per heavy atom. The summed E-state index contributed by atoms with van der Waals surface area (Å²) in [4.78, 5) is 11.0. The Hall–Kier alpha value is -0.630. The van der Waals surface area contributed by atoms with Gasteiger partial charge in [0.25, 0.3) is 0 Å². The molecule has 0 saturated heterocycles. The zero-order valence-electron chi connectivity index (χ0n) is 5.97. The van der Waals surface area contributed by atoms with Crippen molar-refractivity contribution in [3.8, 4) is 0 Å². The van der Waals surface area contributed by atoms with Crippen LogP contribution in [0.4, 0.5) is 0 Å². The minimum atomic E-state index is -1.20. The van der Waals surface area contributed by atoms with Gasteiger partial charge in [-0.2, -0.15) is 0 Å². The first-order valence-corrected chi connectivity index (χ1v) is 3.58. The fourth-order valence-electron chi connectivity index (χ4n) is 1.25. The number of carbonyl (C=O) groups excluding carboxylic acids is 1. The Morgan fingerprint density at radius 2 is 2.30 bits per heavy atom. The minimum Gasteiger partial charge on any atom is -0.378 e. The van der Waals surface area contributed by atoms with Crippen LogP contribution < -0.4 is 0 Å². The second-order valence-corrected chi connectivity index (χ2v) is 2.76. The SMILES string of the molecule is C=C[C@]1(O)CCCCC1=O. The molecule has 1 N–H and O–H groups in total. The molecule has 0 bridgehead atoms. The molecule has 10 heavy (non-hydrogen) atoms. The fourth-order valence-corrected chi connectivity index (χ4v) is 1.25. The van der Waals surface area contributed by atoms with Gasteiger partial charge in [-0.1, -0.05) is 12.7 Å². The van der Waals surface area contributed by atoms with Gasteiger partial charge in [0, 0.05) is 6.42 Å². The van der Waals surface area contributed by atoms with Gasteiger partial charge in [0.15, 0.2) is 5.78 Å². The van der Waals surface area contributed by atoms with Crippen molar-refractivity contribution >= 4 is 5.78 Å². The summed E-state index contributed by atoms with van der Waals surface area (Å²) in [6, 6.07) is 0. The van der Waals surface area contributed by atoms with Crippen molar-refractivity contribution in [1.82, 2.24) is 0 Å². The lowest BCUT2D eigenvalue weighted by molar-refractivity contribution is -0.135. The van der Waals surface area contributed by atoms with Crippen LogP contribution in [0.3, 0.4) is 0 Å². The number of rotatable bonds is 1. The Morgan fingerprint density at radius 1 is 1.60 bits per heavy atom.